The molecule has 0 radical (unpaired) electrons. The summed E-state index contributed by atoms with van der Waals surface area (Å²) in [5.41, 5.74) is 0. The second-order valence-electron chi connectivity index (χ2n) is 5.11. The number of ether oxygens (including phenoxy) is 2. The molecule has 2 atom stereocenters. The van der Waals surface area contributed by atoms with Crippen LogP contribution >= 0.6 is 0 Å². The summed E-state index contributed by atoms with van der Waals surface area (Å²) >= 11 is 0. The van der Waals surface area contributed by atoms with Gasteiger partial charge >= 0.3 is 11.9 Å². The summed E-state index contributed by atoms with van der Waals surface area (Å²) in [7, 11) is 0. The number of furan rings is 1. The monoisotopic (exact) mass is 322 g/mol. The quantitative estimate of drug-likeness (QED) is 0.594. The summed E-state index contributed by atoms with van der Waals surface area (Å²) in [6.07, 6.45) is 0.855. The molecule has 124 valence electrons. The van der Waals surface area contributed by atoms with Crippen molar-refractivity contribution in [2.24, 2.45) is 11.8 Å². The van der Waals surface area contributed by atoms with Crippen LogP contribution in [-0.2, 0) is 28.7 Å². The summed E-state index contributed by atoms with van der Waals surface area (Å²) < 4.78 is 15.1. The van der Waals surface area contributed by atoms with Crippen LogP contribution in [0.5, 0.6) is 0 Å². The van der Waals surface area contributed by atoms with Gasteiger partial charge in [-0.15, -0.1) is 0 Å². The lowest BCUT2D eigenvalue weighted by molar-refractivity contribution is -0.161. The fourth-order valence-corrected chi connectivity index (χ4v) is 2.81. The van der Waals surface area contributed by atoms with Crippen molar-refractivity contribution < 1.29 is 33.1 Å². The van der Waals surface area contributed by atoms with Gasteiger partial charge in [0.15, 0.2) is 11.6 Å². The van der Waals surface area contributed by atoms with E-state index in [9.17, 15) is 19.2 Å². The van der Waals surface area contributed by atoms with E-state index in [4.69, 9.17) is 13.9 Å². The molecule has 2 rings (SSSR count). The Labute approximate surface area is 132 Å². The van der Waals surface area contributed by atoms with Gasteiger partial charge in [0.25, 0.3) is 0 Å². The van der Waals surface area contributed by atoms with Crippen LogP contribution in [0, 0.1) is 11.8 Å². The van der Waals surface area contributed by atoms with Gasteiger partial charge in [0.2, 0.25) is 0 Å². The Morgan fingerprint density at radius 2 is 1.61 bits per heavy atom. The molecule has 1 aromatic heterocycles. The average molecular weight is 322 g/mol. The number of carbonyl (C=O) groups excluding carboxylic acids is 4. The predicted octanol–water partition coefficient (Wildman–Crippen LogP) is 1.26. The third-order valence-electron chi connectivity index (χ3n) is 3.71. The molecule has 0 aromatic carbocycles. The Morgan fingerprint density at radius 1 is 1.09 bits per heavy atom. The molecule has 0 spiro atoms. The van der Waals surface area contributed by atoms with Crippen LogP contribution in [0.15, 0.2) is 22.8 Å². The third kappa shape index (κ3) is 3.33. The van der Waals surface area contributed by atoms with E-state index < -0.39 is 47.7 Å². The number of rotatable bonds is 5. The molecular weight excluding hydrogens is 304 g/mol. The molecule has 1 aliphatic rings. The summed E-state index contributed by atoms with van der Waals surface area (Å²) in [4.78, 5) is 48.9. The van der Waals surface area contributed by atoms with Crippen LogP contribution in [0.4, 0.5) is 0 Å². The zero-order valence-electron chi connectivity index (χ0n) is 12.9. The summed E-state index contributed by atoms with van der Waals surface area (Å²) in [5, 5.41) is 0. The van der Waals surface area contributed by atoms with E-state index in [1.165, 1.54) is 12.3 Å². The molecule has 0 aliphatic heterocycles. The number of carbonyl (C=O) groups is 4. The van der Waals surface area contributed by atoms with Crippen molar-refractivity contribution in [3.63, 3.8) is 0 Å². The molecule has 0 amide bonds. The van der Waals surface area contributed by atoms with Crippen LogP contribution in [-0.4, -0.2) is 36.7 Å². The van der Waals surface area contributed by atoms with E-state index in [2.05, 4.69) is 0 Å². The first-order chi connectivity index (χ1) is 11.0. The van der Waals surface area contributed by atoms with Crippen LogP contribution in [0.25, 0.3) is 0 Å². The van der Waals surface area contributed by atoms with Crippen molar-refractivity contribution in [2.45, 2.75) is 26.2 Å². The van der Waals surface area contributed by atoms with E-state index in [-0.39, 0.29) is 19.0 Å². The first-order valence-electron chi connectivity index (χ1n) is 7.43. The zero-order chi connectivity index (χ0) is 17.0. The Balaban J connectivity index is 2.47. The molecule has 0 saturated heterocycles. The van der Waals surface area contributed by atoms with Crippen molar-refractivity contribution in [3.05, 3.63) is 24.2 Å². The molecule has 23 heavy (non-hydrogen) atoms. The molecule has 7 heteroatoms. The molecular formula is C16H18O7. The first kappa shape index (κ1) is 16.9. The fourth-order valence-electron chi connectivity index (χ4n) is 2.81. The van der Waals surface area contributed by atoms with E-state index in [0.29, 0.717) is 0 Å². The van der Waals surface area contributed by atoms with Crippen LogP contribution in [0.2, 0.25) is 0 Å². The highest BCUT2D eigenvalue weighted by Gasteiger charge is 2.53. The van der Waals surface area contributed by atoms with E-state index >= 15 is 0 Å². The lowest BCUT2D eigenvalue weighted by Crippen LogP contribution is -2.47. The normalized spacial score (nSPS) is 24.3. The van der Waals surface area contributed by atoms with Crippen LogP contribution < -0.4 is 0 Å². The minimum Gasteiger partial charge on any atom is -0.469 e. The highest BCUT2D eigenvalue weighted by atomic mass is 16.5. The maximum atomic E-state index is 12.2. The van der Waals surface area contributed by atoms with Gasteiger partial charge in [-0.3, -0.25) is 19.2 Å². The number of ketones is 2. The van der Waals surface area contributed by atoms with Crippen molar-refractivity contribution in [2.75, 3.05) is 13.2 Å². The topological polar surface area (TPSA) is 99.9 Å². The first-order valence-corrected chi connectivity index (χ1v) is 7.43. The highest BCUT2D eigenvalue weighted by Crippen LogP contribution is 2.40. The van der Waals surface area contributed by atoms with Gasteiger partial charge in [-0.2, -0.15) is 0 Å². The molecule has 1 heterocycles. The largest absolute Gasteiger partial charge is 0.469 e. The predicted molar refractivity (Wildman–Crippen MR) is 76.3 cm³/mol. The number of hydrogen-bond donors (Lipinski definition) is 0. The summed E-state index contributed by atoms with van der Waals surface area (Å²) in [6, 6.07) is 3.08. The molecule has 0 N–H and O–H groups in total. The van der Waals surface area contributed by atoms with Gasteiger partial charge in [-0.1, -0.05) is 0 Å². The van der Waals surface area contributed by atoms with Gasteiger partial charge in [0.05, 0.1) is 31.8 Å². The van der Waals surface area contributed by atoms with Gasteiger partial charge in [0.1, 0.15) is 17.6 Å². The minimum absolute atomic E-state index is 0.0888. The zero-order valence-corrected chi connectivity index (χ0v) is 12.9. The Hall–Kier alpha value is -2.44. The Morgan fingerprint density at radius 3 is 2.00 bits per heavy atom. The molecule has 1 aliphatic carbocycles. The van der Waals surface area contributed by atoms with Gasteiger partial charge in [-0.25, -0.2) is 0 Å². The SMILES string of the molecule is CCOC(=O)C1C(=O)CC(=O)C(C(=O)OCC)C1c1ccco1. The fraction of sp³-hybridized carbons (Fsp3) is 0.500. The molecule has 1 saturated carbocycles. The molecule has 2 unspecified atom stereocenters. The molecule has 1 aromatic rings. The lowest BCUT2D eigenvalue weighted by Gasteiger charge is -2.32. The van der Waals surface area contributed by atoms with E-state index in [1.54, 1.807) is 19.9 Å². The number of Topliss-reactive ketones (excluding diaryl/α,β-unsaturated/α-hetero) is 2. The highest BCUT2D eigenvalue weighted by molar-refractivity contribution is 6.16. The van der Waals surface area contributed by atoms with E-state index in [1.807, 2.05) is 0 Å². The van der Waals surface area contributed by atoms with Gasteiger partial charge in [-0.05, 0) is 26.0 Å². The van der Waals surface area contributed by atoms with Gasteiger partial charge in [0, 0.05) is 0 Å². The Bertz CT molecular complexity index is 566. The molecule has 1 fully saturated rings. The lowest BCUT2D eigenvalue weighted by atomic mass is 9.69. The van der Waals surface area contributed by atoms with Crippen molar-refractivity contribution >= 4 is 23.5 Å². The standard InChI is InChI=1S/C16H18O7/c1-3-21-15(19)12-9(17)8-10(18)13(16(20)22-4-2)14(12)11-6-5-7-23-11/h5-7,12-14H,3-4,8H2,1-2H3. The third-order valence-corrected chi connectivity index (χ3v) is 3.71. The summed E-state index contributed by atoms with van der Waals surface area (Å²) in [5.74, 6) is -6.02. The Kier molecular flexibility index (Phi) is 5.31. The number of esters is 2. The minimum atomic E-state index is -1.26. The summed E-state index contributed by atoms with van der Waals surface area (Å²) in [6.45, 7) is 3.40. The maximum absolute atomic E-state index is 12.2. The second-order valence-corrected chi connectivity index (χ2v) is 5.11. The van der Waals surface area contributed by atoms with Crippen molar-refractivity contribution in [3.8, 4) is 0 Å². The average Bonchev–Trinajstić information content (AvgIpc) is 3.00. The van der Waals surface area contributed by atoms with Crippen LogP contribution in [0.1, 0.15) is 31.9 Å². The van der Waals surface area contributed by atoms with Crippen molar-refractivity contribution in [1.82, 2.24) is 0 Å². The second kappa shape index (κ2) is 7.21. The molecule has 7 nitrogen and oxygen atoms in total. The van der Waals surface area contributed by atoms with Crippen LogP contribution in [0.3, 0.4) is 0 Å². The maximum Gasteiger partial charge on any atom is 0.317 e. The molecule has 0 bridgehead atoms. The van der Waals surface area contributed by atoms with Crippen molar-refractivity contribution in [1.29, 1.82) is 0 Å². The smallest absolute Gasteiger partial charge is 0.317 e. The van der Waals surface area contributed by atoms with E-state index in [0.717, 1.165) is 0 Å². The van der Waals surface area contributed by atoms with Gasteiger partial charge < -0.3 is 13.9 Å². The number of hydrogen-bond acceptors (Lipinski definition) is 7.